The van der Waals surface area contributed by atoms with Crippen LogP contribution in [0, 0.1) is 0 Å². The molecule has 0 saturated heterocycles. The maximum atomic E-state index is 2.85. The van der Waals surface area contributed by atoms with Gasteiger partial charge in [0.2, 0.25) is 0 Å². The summed E-state index contributed by atoms with van der Waals surface area (Å²) in [5.74, 6) is 0. The van der Waals surface area contributed by atoms with Crippen LogP contribution >= 0.6 is 0 Å². The first kappa shape index (κ1) is 17.1. The third kappa shape index (κ3) is 2.98. The number of hydrogen-bond acceptors (Lipinski definition) is 2. The Labute approximate surface area is 136 Å². The fourth-order valence-corrected chi connectivity index (χ4v) is 18.1. The standard InChI is InChI=1S/2C5H5.2C4H10N.Zr/c2*1-2-4-5-3-1;2*1-3-5-4-2;/h2*1-3H,4H2;2*3-4H2,1-2H3;/q;;2*-1;+2. The fraction of sp³-hybridized carbons (Fsp3) is 0.556. The molecule has 0 bridgehead atoms. The molecule has 0 fully saturated rings. The van der Waals surface area contributed by atoms with Crippen LogP contribution in [0.2, 0.25) is 0 Å². The zero-order valence-electron chi connectivity index (χ0n) is 14.1. The van der Waals surface area contributed by atoms with Crippen LogP contribution in [0.15, 0.2) is 43.0 Å². The molecule has 0 saturated carbocycles. The molecule has 116 valence electrons. The van der Waals surface area contributed by atoms with Crippen molar-refractivity contribution < 1.29 is 20.8 Å². The zero-order chi connectivity index (χ0) is 15.3. The van der Waals surface area contributed by atoms with Gasteiger partial charge in [-0.1, -0.05) is 0 Å². The molecule has 0 spiro atoms. The van der Waals surface area contributed by atoms with Gasteiger partial charge < -0.3 is 0 Å². The monoisotopic (exact) mass is 364 g/mol. The molecular weight excluding hydrogens is 335 g/mol. The number of rotatable bonds is 8. The van der Waals surface area contributed by atoms with Gasteiger partial charge in [0.15, 0.2) is 0 Å². The summed E-state index contributed by atoms with van der Waals surface area (Å²) in [5.41, 5.74) is 0. The SMILES string of the molecule is CC[N](CC)[Zr]([C]1=CC=CC1)([C]1=CC=CC1)[N](CC)CC. The molecule has 0 unspecified atom stereocenters. The van der Waals surface area contributed by atoms with Crippen LogP contribution in [0.3, 0.4) is 0 Å². The molecule has 2 aliphatic carbocycles. The van der Waals surface area contributed by atoms with Gasteiger partial charge in [0.25, 0.3) is 0 Å². The molecule has 21 heavy (non-hydrogen) atoms. The Morgan fingerprint density at radius 2 is 1.14 bits per heavy atom. The van der Waals surface area contributed by atoms with Gasteiger partial charge in [-0.15, -0.1) is 0 Å². The predicted molar refractivity (Wildman–Crippen MR) is 89.5 cm³/mol. The maximum absolute atomic E-state index is 2.89. The van der Waals surface area contributed by atoms with Gasteiger partial charge in [0.1, 0.15) is 0 Å². The molecule has 0 amide bonds. The summed E-state index contributed by atoms with van der Waals surface area (Å²) >= 11 is -2.89. The van der Waals surface area contributed by atoms with E-state index in [0.29, 0.717) is 0 Å². The molecule has 0 atom stereocenters. The number of allylic oxidation sites excluding steroid dienone is 8. The molecule has 0 aromatic rings. The van der Waals surface area contributed by atoms with Crippen molar-refractivity contribution in [1.82, 2.24) is 5.69 Å². The summed E-state index contributed by atoms with van der Waals surface area (Å²) in [6.07, 6.45) is 16.4. The Bertz CT molecular complexity index is 422. The molecule has 3 heteroatoms. The molecule has 0 aromatic carbocycles. The first-order valence-electron chi connectivity index (χ1n) is 8.47. The van der Waals surface area contributed by atoms with Crippen LogP contribution in [-0.4, -0.2) is 31.9 Å². The van der Waals surface area contributed by atoms with Gasteiger partial charge in [-0.25, -0.2) is 0 Å². The first-order valence-corrected chi connectivity index (χ1v) is 13.1. The van der Waals surface area contributed by atoms with Crippen LogP contribution in [-0.2, 0) is 20.8 Å². The number of nitrogens with zero attached hydrogens (tertiary/aromatic N) is 2. The summed E-state index contributed by atoms with van der Waals surface area (Å²) in [6.45, 7) is 14.0. The topological polar surface area (TPSA) is 6.48 Å². The average Bonchev–Trinajstić information content (AvgIpc) is 3.21. The van der Waals surface area contributed by atoms with E-state index >= 15 is 0 Å². The van der Waals surface area contributed by atoms with E-state index in [1.54, 1.807) is 6.56 Å². The summed E-state index contributed by atoms with van der Waals surface area (Å²) in [7, 11) is 0. The molecule has 2 rings (SSSR count). The molecule has 0 radical (unpaired) electrons. The van der Waals surface area contributed by atoms with E-state index in [4.69, 9.17) is 0 Å². The molecule has 0 aromatic heterocycles. The van der Waals surface area contributed by atoms with Gasteiger partial charge in [-0.05, 0) is 0 Å². The minimum absolute atomic E-state index is 1.16. The van der Waals surface area contributed by atoms with Crippen LogP contribution in [0.1, 0.15) is 40.5 Å². The summed E-state index contributed by atoms with van der Waals surface area (Å²) in [4.78, 5) is 0. The molecule has 2 aliphatic rings. The Kier molecular flexibility index (Phi) is 6.40. The van der Waals surface area contributed by atoms with Crippen molar-refractivity contribution in [1.29, 1.82) is 0 Å². The summed E-state index contributed by atoms with van der Waals surface area (Å²) < 4.78 is 9.18. The molecule has 0 aliphatic heterocycles. The summed E-state index contributed by atoms with van der Waals surface area (Å²) in [5, 5.41) is 0. The molecule has 0 N–H and O–H groups in total. The van der Waals surface area contributed by atoms with E-state index < -0.39 is 20.8 Å². The van der Waals surface area contributed by atoms with Crippen molar-refractivity contribution in [2.45, 2.75) is 40.5 Å². The Morgan fingerprint density at radius 3 is 1.38 bits per heavy atom. The van der Waals surface area contributed by atoms with Crippen molar-refractivity contribution in [3.8, 4) is 0 Å². The molecule has 0 heterocycles. The van der Waals surface area contributed by atoms with E-state index in [9.17, 15) is 0 Å². The van der Waals surface area contributed by atoms with Crippen molar-refractivity contribution in [3.05, 3.63) is 43.0 Å². The second kappa shape index (κ2) is 7.85. The van der Waals surface area contributed by atoms with E-state index in [1.165, 1.54) is 12.8 Å². The van der Waals surface area contributed by atoms with Gasteiger partial charge in [-0.2, -0.15) is 0 Å². The predicted octanol–water partition coefficient (Wildman–Crippen LogP) is 4.34. The first-order chi connectivity index (χ1) is 10.2. The van der Waals surface area contributed by atoms with E-state index in [2.05, 4.69) is 69.8 Å². The Morgan fingerprint density at radius 1 is 0.762 bits per heavy atom. The van der Waals surface area contributed by atoms with Crippen molar-refractivity contribution in [2.24, 2.45) is 0 Å². The Balaban J connectivity index is 2.57. The average molecular weight is 366 g/mol. The second-order valence-electron chi connectivity index (χ2n) is 5.67. The Hall–Kier alpha value is -0.237. The van der Waals surface area contributed by atoms with Crippen LogP contribution in [0.25, 0.3) is 0 Å². The van der Waals surface area contributed by atoms with Gasteiger partial charge in [-0.3, -0.25) is 0 Å². The van der Waals surface area contributed by atoms with Gasteiger partial charge in [0, 0.05) is 0 Å². The third-order valence-corrected chi connectivity index (χ3v) is 18.7. The molecule has 2 nitrogen and oxygen atoms in total. The normalized spacial score (nSPS) is 18.0. The van der Waals surface area contributed by atoms with Crippen molar-refractivity contribution in [2.75, 3.05) is 26.2 Å². The minimum atomic E-state index is -2.89. The third-order valence-electron chi connectivity index (χ3n) is 4.88. The number of hydrogen-bond donors (Lipinski definition) is 0. The van der Waals surface area contributed by atoms with Gasteiger partial charge >= 0.3 is 136 Å². The van der Waals surface area contributed by atoms with Crippen LogP contribution in [0.5, 0.6) is 0 Å². The van der Waals surface area contributed by atoms with Crippen LogP contribution < -0.4 is 0 Å². The zero-order valence-corrected chi connectivity index (χ0v) is 16.6. The van der Waals surface area contributed by atoms with E-state index in [1.807, 2.05) is 0 Å². The van der Waals surface area contributed by atoms with Gasteiger partial charge in [0.05, 0.1) is 0 Å². The molecular formula is C18H30N2Zr. The summed E-state index contributed by atoms with van der Waals surface area (Å²) in [6, 6.07) is 0. The van der Waals surface area contributed by atoms with Crippen molar-refractivity contribution in [3.63, 3.8) is 0 Å². The second-order valence-corrected chi connectivity index (χ2v) is 15.2. The quantitative estimate of drug-likeness (QED) is 0.631. The van der Waals surface area contributed by atoms with Crippen molar-refractivity contribution >= 4 is 0 Å². The van der Waals surface area contributed by atoms with E-state index in [0.717, 1.165) is 26.2 Å². The van der Waals surface area contributed by atoms with E-state index in [-0.39, 0.29) is 0 Å². The van der Waals surface area contributed by atoms with Crippen LogP contribution in [0.4, 0.5) is 0 Å². The fourth-order valence-electron chi connectivity index (χ4n) is 3.99.